The number of hydrogen-bond donors (Lipinski definition) is 1. The van der Waals surface area contributed by atoms with Gasteiger partial charge in [-0.05, 0) is 42.2 Å². The molecule has 0 spiro atoms. The summed E-state index contributed by atoms with van der Waals surface area (Å²) < 4.78 is 0. The molecule has 1 aliphatic carbocycles. The number of nitrogens with two attached hydrogens (primary N) is 1. The van der Waals surface area contributed by atoms with E-state index in [1.54, 1.807) is 0 Å². The number of hydrogen-bond acceptors (Lipinski definition) is 2. The van der Waals surface area contributed by atoms with Gasteiger partial charge in [0.05, 0.1) is 11.4 Å². The highest BCUT2D eigenvalue weighted by Gasteiger charge is 2.40. The van der Waals surface area contributed by atoms with Gasteiger partial charge in [-0.2, -0.15) is 0 Å². The predicted molar refractivity (Wildman–Crippen MR) is 68.4 cm³/mol. The monoisotopic (exact) mass is 218 g/mol. The maximum Gasteiger partial charge on any atom is 0.0660 e. The van der Waals surface area contributed by atoms with Crippen LogP contribution in [0.1, 0.15) is 57.2 Å². The minimum Gasteiger partial charge on any atom is -0.397 e. The Morgan fingerprint density at radius 1 is 1.44 bits per heavy atom. The predicted octanol–water partition coefficient (Wildman–Crippen LogP) is 3.52. The van der Waals surface area contributed by atoms with E-state index in [9.17, 15) is 0 Å². The van der Waals surface area contributed by atoms with Crippen molar-refractivity contribution in [2.45, 2.75) is 52.4 Å². The molecule has 88 valence electrons. The van der Waals surface area contributed by atoms with E-state index in [-0.39, 0.29) is 0 Å². The number of nitrogen functional groups attached to an aromatic ring is 1. The quantitative estimate of drug-likeness (QED) is 0.839. The van der Waals surface area contributed by atoms with Crippen molar-refractivity contribution in [3.05, 3.63) is 23.5 Å². The van der Waals surface area contributed by atoms with E-state index in [1.165, 1.54) is 24.8 Å². The standard InChI is InChI=1S/C14H22N2/c1-4-14(6-7-14)9-11-5-8-16-13(10(2)3)12(11)15/h5,8,10H,4,6-7,9,15H2,1-3H3. The Balaban J connectivity index is 2.24. The first-order valence-electron chi connectivity index (χ1n) is 6.31. The van der Waals surface area contributed by atoms with Gasteiger partial charge >= 0.3 is 0 Å². The van der Waals surface area contributed by atoms with Crippen LogP contribution >= 0.6 is 0 Å². The van der Waals surface area contributed by atoms with Crippen molar-refractivity contribution in [2.75, 3.05) is 5.73 Å². The van der Waals surface area contributed by atoms with Crippen LogP contribution in [0, 0.1) is 5.41 Å². The Morgan fingerprint density at radius 3 is 2.62 bits per heavy atom. The van der Waals surface area contributed by atoms with E-state index in [4.69, 9.17) is 5.73 Å². The summed E-state index contributed by atoms with van der Waals surface area (Å²) >= 11 is 0. The van der Waals surface area contributed by atoms with E-state index < -0.39 is 0 Å². The van der Waals surface area contributed by atoms with Crippen molar-refractivity contribution in [1.82, 2.24) is 4.98 Å². The highest BCUT2D eigenvalue weighted by atomic mass is 14.7. The zero-order chi connectivity index (χ0) is 11.8. The summed E-state index contributed by atoms with van der Waals surface area (Å²) in [7, 11) is 0. The lowest BCUT2D eigenvalue weighted by atomic mass is 9.92. The third-order valence-corrected chi connectivity index (χ3v) is 3.93. The molecule has 0 bridgehead atoms. The highest BCUT2D eigenvalue weighted by Crippen LogP contribution is 2.51. The molecule has 2 rings (SSSR count). The molecule has 16 heavy (non-hydrogen) atoms. The van der Waals surface area contributed by atoms with Crippen molar-refractivity contribution in [1.29, 1.82) is 0 Å². The molecule has 0 unspecified atom stereocenters. The average Bonchev–Trinajstić information content (AvgIpc) is 3.01. The van der Waals surface area contributed by atoms with Crippen LogP contribution in [-0.4, -0.2) is 4.98 Å². The van der Waals surface area contributed by atoms with Gasteiger partial charge < -0.3 is 5.73 Å². The number of rotatable bonds is 4. The molecule has 0 atom stereocenters. The summed E-state index contributed by atoms with van der Waals surface area (Å²) in [5.74, 6) is 0.414. The molecular weight excluding hydrogens is 196 g/mol. The fourth-order valence-electron chi connectivity index (χ4n) is 2.38. The van der Waals surface area contributed by atoms with E-state index in [1.807, 2.05) is 6.20 Å². The van der Waals surface area contributed by atoms with Gasteiger partial charge in [-0.3, -0.25) is 4.98 Å². The molecule has 0 saturated heterocycles. The molecule has 1 aromatic rings. The van der Waals surface area contributed by atoms with Gasteiger partial charge in [0.15, 0.2) is 0 Å². The number of pyridine rings is 1. The topological polar surface area (TPSA) is 38.9 Å². The normalized spacial score (nSPS) is 17.8. The van der Waals surface area contributed by atoms with Crippen molar-refractivity contribution in [3.63, 3.8) is 0 Å². The van der Waals surface area contributed by atoms with E-state index in [2.05, 4.69) is 31.8 Å². The van der Waals surface area contributed by atoms with Crippen LogP contribution in [0.2, 0.25) is 0 Å². The maximum atomic E-state index is 6.21. The average molecular weight is 218 g/mol. The summed E-state index contributed by atoms with van der Waals surface area (Å²) in [5.41, 5.74) is 10.1. The third kappa shape index (κ3) is 2.06. The molecule has 1 heterocycles. The van der Waals surface area contributed by atoms with Crippen LogP contribution in [-0.2, 0) is 6.42 Å². The lowest BCUT2D eigenvalue weighted by molar-refractivity contribution is 0.489. The van der Waals surface area contributed by atoms with Gasteiger partial charge in [0, 0.05) is 6.20 Å². The minimum atomic E-state index is 0.414. The lowest BCUT2D eigenvalue weighted by Gasteiger charge is -2.17. The Labute approximate surface area is 98.3 Å². The maximum absolute atomic E-state index is 6.21. The molecule has 2 nitrogen and oxygen atoms in total. The second-order valence-corrected chi connectivity index (χ2v) is 5.45. The zero-order valence-corrected chi connectivity index (χ0v) is 10.6. The molecular formula is C14H22N2. The van der Waals surface area contributed by atoms with Crippen LogP contribution in [0.3, 0.4) is 0 Å². The van der Waals surface area contributed by atoms with Crippen LogP contribution in [0.4, 0.5) is 5.69 Å². The SMILES string of the molecule is CCC1(Cc2ccnc(C(C)C)c2N)CC1. The van der Waals surface area contributed by atoms with E-state index in [0.717, 1.165) is 17.8 Å². The first-order valence-corrected chi connectivity index (χ1v) is 6.31. The smallest absolute Gasteiger partial charge is 0.0660 e. The molecule has 2 heteroatoms. The van der Waals surface area contributed by atoms with Gasteiger partial charge in [-0.25, -0.2) is 0 Å². The number of aromatic nitrogens is 1. The largest absolute Gasteiger partial charge is 0.397 e. The summed E-state index contributed by atoms with van der Waals surface area (Å²) in [6, 6.07) is 2.09. The van der Waals surface area contributed by atoms with Crippen LogP contribution in [0.25, 0.3) is 0 Å². The fourth-order valence-corrected chi connectivity index (χ4v) is 2.38. The molecule has 0 aromatic carbocycles. The summed E-state index contributed by atoms with van der Waals surface area (Å²) in [6.45, 7) is 6.58. The molecule has 0 amide bonds. The molecule has 1 aromatic heterocycles. The molecule has 1 fully saturated rings. The number of nitrogens with zero attached hydrogens (tertiary/aromatic N) is 1. The molecule has 2 N–H and O–H groups in total. The Bertz CT molecular complexity index is 378. The molecule has 0 aliphatic heterocycles. The van der Waals surface area contributed by atoms with Crippen molar-refractivity contribution in [2.24, 2.45) is 5.41 Å². The summed E-state index contributed by atoms with van der Waals surface area (Å²) in [4.78, 5) is 4.39. The van der Waals surface area contributed by atoms with Gasteiger partial charge in [0.1, 0.15) is 0 Å². The molecule has 1 aliphatic rings. The van der Waals surface area contributed by atoms with E-state index in [0.29, 0.717) is 11.3 Å². The van der Waals surface area contributed by atoms with Gasteiger partial charge in [-0.1, -0.05) is 27.2 Å². The summed E-state index contributed by atoms with van der Waals surface area (Å²) in [6.07, 6.45) is 7.04. The van der Waals surface area contributed by atoms with Crippen LogP contribution < -0.4 is 5.73 Å². The second kappa shape index (κ2) is 4.08. The van der Waals surface area contributed by atoms with Gasteiger partial charge in [0.25, 0.3) is 0 Å². The van der Waals surface area contributed by atoms with Crippen molar-refractivity contribution >= 4 is 5.69 Å². The first kappa shape index (κ1) is 11.4. The Hall–Kier alpha value is -1.05. The summed E-state index contributed by atoms with van der Waals surface area (Å²) in [5, 5.41) is 0. The second-order valence-electron chi connectivity index (χ2n) is 5.45. The van der Waals surface area contributed by atoms with Gasteiger partial charge in [0.2, 0.25) is 0 Å². The Kier molecular flexibility index (Phi) is 2.92. The van der Waals surface area contributed by atoms with Crippen LogP contribution in [0.5, 0.6) is 0 Å². The van der Waals surface area contributed by atoms with Crippen molar-refractivity contribution in [3.8, 4) is 0 Å². The zero-order valence-electron chi connectivity index (χ0n) is 10.6. The minimum absolute atomic E-state index is 0.414. The van der Waals surface area contributed by atoms with Crippen LogP contribution in [0.15, 0.2) is 12.3 Å². The number of anilines is 1. The molecule has 1 saturated carbocycles. The fraction of sp³-hybridized carbons (Fsp3) is 0.643. The Morgan fingerprint density at radius 2 is 2.12 bits per heavy atom. The van der Waals surface area contributed by atoms with E-state index >= 15 is 0 Å². The lowest BCUT2D eigenvalue weighted by Crippen LogP contribution is -2.09. The van der Waals surface area contributed by atoms with Crippen molar-refractivity contribution < 1.29 is 0 Å². The van der Waals surface area contributed by atoms with Gasteiger partial charge in [-0.15, -0.1) is 0 Å². The first-order chi connectivity index (χ1) is 7.58. The highest BCUT2D eigenvalue weighted by molar-refractivity contribution is 5.52. The third-order valence-electron chi connectivity index (χ3n) is 3.93. The molecule has 0 radical (unpaired) electrons.